The maximum Gasteiger partial charge on any atom is 0.271 e. The molecule has 0 saturated carbocycles. The van der Waals surface area contributed by atoms with E-state index in [-0.39, 0.29) is 5.91 Å². The van der Waals surface area contributed by atoms with Crippen molar-refractivity contribution in [1.82, 2.24) is 10.4 Å². The van der Waals surface area contributed by atoms with Gasteiger partial charge in [-0.3, -0.25) is 9.78 Å². The van der Waals surface area contributed by atoms with Crippen LogP contribution in [-0.4, -0.2) is 17.1 Å². The number of nitrogens with zero attached hydrogens (tertiary/aromatic N) is 2. The van der Waals surface area contributed by atoms with Crippen LogP contribution in [0.2, 0.25) is 0 Å². The fourth-order valence-electron chi connectivity index (χ4n) is 2.25. The second-order valence-electron chi connectivity index (χ2n) is 5.52. The van der Waals surface area contributed by atoms with Gasteiger partial charge in [-0.25, -0.2) is 5.43 Å². The molecule has 1 amide bonds. The smallest absolute Gasteiger partial charge is 0.271 e. The van der Waals surface area contributed by atoms with E-state index in [0.29, 0.717) is 12.2 Å². The first kappa shape index (κ1) is 19.7. The molecule has 2 aromatic carbocycles. The summed E-state index contributed by atoms with van der Waals surface area (Å²) in [5.41, 5.74) is 5.02. The lowest BCUT2D eigenvalue weighted by Gasteiger charge is -2.11. The van der Waals surface area contributed by atoms with Crippen molar-refractivity contribution in [3.8, 4) is 5.75 Å². The molecule has 136 valence electrons. The molecular formula is C20H15I2N3O2. The highest BCUT2D eigenvalue weighted by molar-refractivity contribution is 14.1. The summed E-state index contributed by atoms with van der Waals surface area (Å²) in [6, 6.07) is 17.2. The summed E-state index contributed by atoms with van der Waals surface area (Å²) < 4.78 is 7.94. The second kappa shape index (κ2) is 9.79. The number of pyridine rings is 1. The first-order valence-corrected chi connectivity index (χ1v) is 10.2. The molecule has 0 bridgehead atoms. The summed E-state index contributed by atoms with van der Waals surface area (Å²) in [5.74, 6) is 0.568. The zero-order valence-electron chi connectivity index (χ0n) is 14.1. The second-order valence-corrected chi connectivity index (χ2v) is 7.85. The maximum absolute atomic E-state index is 12.0. The molecule has 0 aliphatic rings. The Bertz CT molecular complexity index is 925. The molecule has 27 heavy (non-hydrogen) atoms. The lowest BCUT2D eigenvalue weighted by atomic mass is 10.2. The van der Waals surface area contributed by atoms with Crippen LogP contribution in [0, 0.1) is 7.14 Å². The van der Waals surface area contributed by atoms with E-state index in [9.17, 15) is 4.79 Å². The number of amides is 1. The Hall–Kier alpha value is -2.01. The minimum absolute atomic E-state index is 0.277. The van der Waals surface area contributed by atoms with Crippen molar-refractivity contribution in [3.05, 3.63) is 90.8 Å². The number of carbonyl (C=O) groups is 1. The van der Waals surface area contributed by atoms with Crippen molar-refractivity contribution in [2.24, 2.45) is 5.10 Å². The number of hydrazone groups is 1. The quantitative estimate of drug-likeness (QED) is 0.262. The van der Waals surface area contributed by atoms with Gasteiger partial charge in [0.25, 0.3) is 5.91 Å². The van der Waals surface area contributed by atoms with Gasteiger partial charge in [0, 0.05) is 18.0 Å². The molecule has 7 heteroatoms. The minimum atomic E-state index is -0.277. The maximum atomic E-state index is 12.0. The third kappa shape index (κ3) is 5.73. The van der Waals surface area contributed by atoms with Crippen LogP contribution in [0.4, 0.5) is 0 Å². The lowest BCUT2D eigenvalue weighted by molar-refractivity contribution is 0.0955. The van der Waals surface area contributed by atoms with Crippen LogP contribution in [0.15, 0.2) is 72.1 Å². The van der Waals surface area contributed by atoms with Gasteiger partial charge in [0.15, 0.2) is 0 Å². The molecule has 3 aromatic rings. The summed E-state index contributed by atoms with van der Waals surface area (Å²) in [7, 11) is 0. The Kier molecular flexibility index (Phi) is 7.16. The third-order valence-corrected chi connectivity index (χ3v) is 5.17. The van der Waals surface area contributed by atoms with E-state index >= 15 is 0 Å². The average Bonchev–Trinajstić information content (AvgIpc) is 2.69. The molecule has 0 atom stereocenters. The predicted octanol–water partition coefficient (Wildman–Crippen LogP) is 4.63. The van der Waals surface area contributed by atoms with Gasteiger partial charge >= 0.3 is 0 Å². The van der Waals surface area contributed by atoms with Crippen LogP contribution >= 0.6 is 45.2 Å². The molecule has 1 aromatic heterocycles. The van der Waals surface area contributed by atoms with Crippen LogP contribution in [0.1, 0.15) is 21.5 Å². The highest BCUT2D eigenvalue weighted by Gasteiger charge is 2.09. The van der Waals surface area contributed by atoms with Crippen LogP contribution in [0.5, 0.6) is 5.75 Å². The van der Waals surface area contributed by atoms with Crippen molar-refractivity contribution < 1.29 is 9.53 Å². The van der Waals surface area contributed by atoms with Crippen molar-refractivity contribution in [2.45, 2.75) is 6.61 Å². The topological polar surface area (TPSA) is 63.6 Å². The van der Waals surface area contributed by atoms with E-state index in [1.165, 1.54) is 0 Å². The number of hydrogen-bond donors (Lipinski definition) is 1. The molecule has 0 saturated heterocycles. The number of nitrogens with one attached hydrogen (secondary N) is 1. The molecule has 0 unspecified atom stereocenters. The first-order valence-electron chi connectivity index (χ1n) is 8.02. The number of rotatable bonds is 6. The summed E-state index contributed by atoms with van der Waals surface area (Å²) >= 11 is 4.49. The summed E-state index contributed by atoms with van der Waals surface area (Å²) in [5, 5.41) is 4.03. The van der Waals surface area contributed by atoms with E-state index in [1.54, 1.807) is 30.7 Å². The molecule has 0 spiro atoms. The number of carbonyl (C=O) groups excluding carboxylic acids is 1. The first-order chi connectivity index (χ1) is 13.1. The highest BCUT2D eigenvalue weighted by Crippen LogP contribution is 2.29. The predicted molar refractivity (Wildman–Crippen MR) is 122 cm³/mol. The van der Waals surface area contributed by atoms with Gasteiger partial charge in [0.2, 0.25) is 0 Å². The average molecular weight is 583 g/mol. The van der Waals surface area contributed by atoms with Crippen molar-refractivity contribution in [3.63, 3.8) is 0 Å². The number of halogens is 2. The highest BCUT2D eigenvalue weighted by atomic mass is 127. The van der Waals surface area contributed by atoms with Crippen LogP contribution in [0.25, 0.3) is 0 Å². The van der Waals surface area contributed by atoms with Crippen molar-refractivity contribution >= 4 is 57.3 Å². The molecule has 0 aliphatic heterocycles. The van der Waals surface area contributed by atoms with Crippen LogP contribution in [-0.2, 0) is 6.61 Å². The summed E-state index contributed by atoms with van der Waals surface area (Å²) in [6.07, 6.45) is 4.75. The Balaban J connectivity index is 1.64. The Morgan fingerprint density at radius 3 is 2.41 bits per heavy atom. The van der Waals surface area contributed by atoms with E-state index in [0.717, 1.165) is 24.0 Å². The molecule has 0 radical (unpaired) electrons. The van der Waals surface area contributed by atoms with Gasteiger partial charge in [-0.2, -0.15) is 5.10 Å². The monoisotopic (exact) mass is 583 g/mol. The molecular weight excluding hydrogens is 568 g/mol. The fraction of sp³-hybridized carbons (Fsp3) is 0.0500. The molecule has 1 N–H and O–H groups in total. The number of benzene rings is 2. The number of aromatic nitrogens is 1. The van der Waals surface area contributed by atoms with E-state index in [4.69, 9.17) is 4.74 Å². The van der Waals surface area contributed by atoms with E-state index in [1.807, 2.05) is 42.5 Å². The zero-order chi connectivity index (χ0) is 19.1. The van der Waals surface area contributed by atoms with Gasteiger partial charge < -0.3 is 4.74 Å². The molecule has 5 nitrogen and oxygen atoms in total. The van der Waals surface area contributed by atoms with Gasteiger partial charge in [-0.15, -0.1) is 0 Å². The Labute approximate surface area is 184 Å². The zero-order valence-corrected chi connectivity index (χ0v) is 18.4. The number of hydrogen-bond acceptors (Lipinski definition) is 4. The van der Waals surface area contributed by atoms with E-state index in [2.05, 4.69) is 60.7 Å². The van der Waals surface area contributed by atoms with E-state index < -0.39 is 0 Å². The Morgan fingerprint density at radius 1 is 1.07 bits per heavy atom. The van der Waals surface area contributed by atoms with Gasteiger partial charge in [0.1, 0.15) is 12.4 Å². The standard InChI is InChI=1S/C20H15I2N3O2/c21-17-10-15(12-24-25-20(26)16-6-8-23-9-7-16)11-18(22)19(17)27-13-14-4-2-1-3-5-14/h1-12H,13H2,(H,25,26)/b24-12-. The van der Waals surface area contributed by atoms with Gasteiger partial charge in [0.05, 0.1) is 13.4 Å². The SMILES string of the molecule is O=C(N/N=C\c1cc(I)c(OCc2ccccc2)c(I)c1)c1ccncc1. The molecule has 0 fully saturated rings. The summed E-state index contributed by atoms with van der Waals surface area (Å²) in [4.78, 5) is 15.9. The van der Waals surface area contributed by atoms with Crippen LogP contribution < -0.4 is 10.2 Å². The molecule has 3 rings (SSSR count). The van der Waals surface area contributed by atoms with Gasteiger partial charge in [-0.1, -0.05) is 30.3 Å². The van der Waals surface area contributed by atoms with Crippen molar-refractivity contribution in [2.75, 3.05) is 0 Å². The van der Waals surface area contributed by atoms with Crippen molar-refractivity contribution in [1.29, 1.82) is 0 Å². The third-order valence-electron chi connectivity index (χ3n) is 3.57. The molecule has 1 heterocycles. The fourth-order valence-corrected chi connectivity index (χ4v) is 4.38. The minimum Gasteiger partial charge on any atom is -0.487 e. The largest absolute Gasteiger partial charge is 0.487 e. The number of ether oxygens (including phenoxy) is 1. The lowest BCUT2D eigenvalue weighted by Crippen LogP contribution is -2.17. The normalized spacial score (nSPS) is 10.7. The van der Waals surface area contributed by atoms with Gasteiger partial charge in [-0.05, 0) is 80.6 Å². The molecule has 0 aliphatic carbocycles. The van der Waals surface area contributed by atoms with Crippen LogP contribution in [0.3, 0.4) is 0 Å². The Morgan fingerprint density at radius 2 is 1.74 bits per heavy atom. The summed E-state index contributed by atoms with van der Waals surface area (Å²) in [6.45, 7) is 0.516.